The molecule has 0 bridgehead atoms. The maximum absolute atomic E-state index is 11.9. The van der Waals surface area contributed by atoms with E-state index >= 15 is 0 Å². The molecule has 0 saturated carbocycles. The van der Waals surface area contributed by atoms with E-state index in [4.69, 9.17) is 0 Å². The summed E-state index contributed by atoms with van der Waals surface area (Å²) in [5, 5.41) is 11.7. The predicted molar refractivity (Wildman–Crippen MR) is 98.5 cm³/mol. The van der Waals surface area contributed by atoms with Crippen LogP contribution in [0.15, 0.2) is 41.8 Å². The normalized spacial score (nSPS) is 10.8. The van der Waals surface area contributed by atoms with E-state index in [9.17, 15) is 4.79 Å². The lowest BCUT2D eigenvalue weighted by molar-refractivity contribution is -0.118. The molecule has 1 N–H and O–H groups in total. The van der Waals surface area contributed by atoms with Crippen molar-refractivity contribution in [2.45, 2.75) is 31.5 Å². The highest BCUT2D eigenvalue weighted by Crippen LogP contribution is 2.18. The number of hydrogen-bond donors (Lipinski definition) is 1. The number of amides is 1. The van der Waals surface area contributed by atoms with Crippen molar-refractivity contribution in [1.29, 1.82) is 0 Å². The number of para-hydroxylation sites is 1. The van der Waals surface area contributed by atoms with E-state index in [0.29, 0.717) is 18.3 Å². The molecule has 0 aliphatic carbocycles. The Morgan fingerprint density at radius 1 is 1.33 bits per heavy atom. The maximum atomic E-state index is 11.9. The first-order valence-corrected chi connectivity index (χ1v) is 9.11. The van der Waals surface area contributed by atoms with Gasteiger partial charge in [0.2, 0.25) is 5.91 Å². The van der Waals surface area contributed by atoms with Crippen molar-refractivity contribution in [3.63, 3.8) is 0 Å². The Hall–Kier alpha value is -2.02. The van der Waals surface area contributed by atoms with Gasteiger partial charge in [-0.25, -0.2) is 0 Å². The summed E-state index contributed by atoms with van der Waals surface area (Å²) in [4.78, 5) is 14.1. The fourth-order valence-corrected chi connectivity index (χ4v) is 3.10. The van der Waals surface area contributed by atoms with Crippen molar-refractivity contribution in [3.05, 3.63) is 36.7 Å². The minimum absolute atomic E-state index is 0.0284. The quantitative estimate of drug-likeness (QED) is 0.558. The molecule has 2 aromatic rings. The zero-order valence-corrected chi connectivity index (χ0v) is 15.3. The molecule has 0 spiro atoms. The van der Waals surface area contributed by atoms with Crippen LogP contribution in [0.4, 0.5) is 5.69 Å². The number of nitrogens with zero attached hydrogens (tertiary/aromatic N) is 4. The molecule has 0 fully saturated rings. The van der Waals surface area contributed by atoms with Gasteiger partial charge in [-0.1, -0.05) is 30.0 Å². The second kappa shape index (κ2) is 9.32. The smallest absolute Gasteiger partial charge is 0.230 e. The molecule has 7 heteroatoms. The van der Waals surface area contributed by atoms with E-state index in [-0.39, 0.29) is 5.91 Å². The summed E-state index contributed by atoms with van der Waals surface area (Å²) in [6, 6.07) is 10.5. The van der Waals surface area contributed by atoms with Gasteiger partial charge in [-0.05, 0) is 32.4 Å². The molecule has 0 aliphatic rings. The Kier molecular flexibility index (Phi) is 7.11. The van der Waals surface area contributed by atoms with Crippen LogP contribution in [0.3, 0.4) is 0 Å². The molecule has 0 aliphatic heterocycles. The van der Waals surface area contributed by atoms with E-state index in [1.54, 1.807) is 6.33 Å². The third-order valence-corrected chi connectivity index (χ3v) is 4.58. The molecular weight excluding hydrogens is 322 g/mol. The lowest BCUT2D eigenvalue weighted by Gasteiger charge is -2.19. The Morgan fingerprint density at radius 3 is 2.79 bits per heavy atom. The van der Waals surface area contributed by atoms with Crippen LogP contribution in [0.25, 0.3) is 0 Å². The summed E-state index contributed by atoms with van der Waals surface area (Å²) in [6.07, 6.45) is 2.61. The Bertz CT molecular complexity index is 629. The topological polar surface area (TPSA) is 63.1 Å². The standard InChI is InChI=1S/C17H25N5OS/c1-14(2)22-13-19-20-17(22)24-12-16(23)18-10-7-11-21(3)15-8-5-4-6-9-15/h4-6,8-9,13-14H,7,10-12H2,1-3H3,(H,18,23). The van der Waals surface area contributed by atoms with Crippen molar-refractivity contribution in [1.82, 2.24) is 20.1 Å². The number of nitrogens with one attached hydrogen (secondary N) is 1. The summed E-state index contributed by atoms with van der Waals surface area (Å²) in [7, 11) is 2.06. The third kappa shape index (κ3) is 5.56. The summed E-state index contributed by atoms with van der Waals surface area (Å²) >= 11 is 1.42. The molecule has 0 unspecified atom stereocenters. The van der Waals surface area contributed by atoms with Gasteiger partial charge in [0.15, 0.2) is 5.16 Å². The van der Waals surface area contributed by atoms with Gasteiger partial charge >= 0.3 is 0 Å². The van der Waals surface area contributed by atoms with Crippen molar-refractivity contribution in [2.24, 2.45) is 0 Å². The molecule has 2 rings (SSSR count). The molecule has 0 atom stereocenters. The minimum atomic E-state index is 0.0284. The first-order valence-electron chi connectivity index (χ1n) is 8.13. The number of aromatic nitrogens is 3. The third-order valence-electron chi connectivity index (χ3n) is 3.62. The van der Waals surface area contributed by atoms with E-state index in [1.165, 1.54) is 17.4 Å². The van der Waals surface area contributed by atoms with Crippen LogP contribution in [0.2, 0.25) is 0 Å². The van der Waals surface area contributed by atoms with Crippen molar-refractivity contribution >= 4 is 23.4 Å². The molecule has 1 heterocycles. The summed E-state index contributed by atoms with van der Waals surface area (Å²) < 4.78 is 1.97. The van der Waals surface area contributed by atoms with Gasteiger partial charge in [0, 0.05) is 31.9 Å². The number of anilines is 1. The largest absolute Gasteiger partial charge is 0.375 e. The minimum Gasteiger partial charge on any atom is -0.375 e. The lowest BCUT2D eigenvalue weighted by Crippen LogP contribution is -2.29. The van der Waals surface area contributed by atoms with E-state index in [2.05, 4.69) is 53.4 Å². The molecule has 1 aromatic heterocycles. The molecular formula is C17H25N5OS. The number of rotatable bonds is 9. The van der Waals surface area contributed by atoms with Crippen molar-refractivity contribution in [3.8, 4) is 0 Å². The van der Waals surface area contributed by atoms with E-state index in [0.717, 1.165) is 18.1 Å². The van der Waals surface area contributed by atoms with E-state index < -0.39 is 0 Å². The Morgan fingerprint density at radius 2 is 2.08 bits per heavy atom. The predicted octanol–water partition coefficient (Wildman–Crippen LogP) is 2.59. The van der Waals surface area contributed by atoms with Gasteiger partial charge in [0.05, 0.1) is 5.75 Å². The van der Waals surface area contributed by atoms with Crippen molar-refractivity contribution < 1.29 is 4.79 Å². The average Bonchev–Trinajstić information content (AvgIpc) is 3.06. The Labute approximate surface area is 147 Å². The van der Waals surface area contributed by atoms with Gasteiger partial charge < -0.3 is 14.8 Å². The number of thioether (sulfide) groups is 1. The van der Waals surface area contributed by atoms with Gasteiger partial charge in [-0.15, -0.1) is 10.2 Å². The fourth-order valence-electron chi connectivity index (χ4n) is 2.23. The zero-order chi connectivity index (χ0) is 17.4. The molecule has 6 nitrogen and oxygen atoms in total. The van der Waals surface area contributed by atoms with Gasteiger partial charge in [0.1, 0.15) is 6.33 Å². The first-order chi connectivity index (χ1) is 11.6. The SMILES string of the molecule is CC(C)n1cnnc1SCC(=O)NCCCN(C)c1ccccc1. The molecule has 1 amide bonds. The molecule has 130 valence electrons. The molecule has 0 radical (unpaired) electrons. The van der Waals surface area contributed by atoms with Crippen LogP contribution >= 0.6 is 11.8 Å². The highest BCUT2D eigenvalue weighted by molar-refractivity contribution is 7.99. The highest BCUT2D eigenvalue weighted by Gasteiger charge is 2.10. The highest BCUT2D eigenvalue weighted by atomic mass is 32.2. The van der Waals surface area contributed by atoms with Crippen LogP contribution in [0.5, 0.6) is 0 Å². The second-order valence-corrected chi connectivity index (χ2v) is 6.81. The molecule has 1 aromatic carbocycles. The van der Waals surface area contributed by atoms with Crippen molar-refractivity contribution in [2.75, 3.05) is 30.8 Å². The van der Waals surface area contributed by atoms with Gasteiger partial charge in [-0.2, -0.15) is 0 Å². The average molecular weight is 347 g/mol. The monoisotopic (exact) mass is 347 g/mol. The van der Waals surface area contributed by atoms with Gasteiger partial charge in [-0.3, -0.25) is 4.79 Å². The summed E-state index contributed by atoms with van der Waals surface area (Å²) in [5.41, 5.74) is 1.19. The number of benzene rings is 1. The summed E-state index contributed by atoms with van der Waals surface area (Å²) in [5.74, 6) is 0.389. The van der Waals surface area contributed by atoms with Crippen LogP contribution in [-0.2, 0) is 4.79 Å². The van der Waals surface area contributed by atoms with Crippen LogP contribution in [0.1, 0.15) is 26.3 Å². The number of carbonyl (C=O) groups is 1. The zero-order valence-electron chi connectivity index (χ0n) is 14.5. The first kappa shape index (κ1) is 18.3. The fraction of sp³-hybridized carbons (Fsp3) is 0.471. The van der Waals surface area contributed by atoms with Crippen LogP contribution in [0, 0.1) is 0 Å². The maximum Gasteiger partial charge on any atom is 0.230 e. The van der Waals surface area contributed by atoms with Gasteiger partial charge in [0.25, 0.3) is 0 Å². The Balaban J connectivity index is 1.64. The lowest BCUT2D eigenvalue weighted by atomic mass is 10.3. The number of carbonyl (C=O) groups excluding carboxylic acids is 1. The van der Waals surface area contributed by atoms with Crippen LogP contribution in [-0.4, -0.2) is 46.6 Å². The van der Waals surface area contributed by atoms with E-state index in [1.807, 2.05) is 22.8 Å². The second-order valence-electron chi connectivity index (χ2n) is 5.86. The number of hydrogen-bond acceptors (Lipinski definition) is 5. The molecule has 0 saturated heterocycles. The molecule has 24 heavy (non-hydrogen) atoms. The summed E-state index contributed by atoms with van der Waals surface area (Å²) in [6.45, 7) is 5.71. The van der Waals surface area contributed by atoms with Crippen LogP contribution < -0.4 is 10.2 Å².